The molecule has 3 rings (SSSR count). The number of carbonyl (C=O) groups excluding carboxylic acids is 1. The molecule has 0 bridgehead atoms. The normalized spacial score (nSPS) is 10.8. The smallest absolute Gasteiger partial charge is 0.237 e. The maximum atomic E-state index is 11.2. The topological polar surface area (TPSA) is 56.5 Å². The Morgan fingerprint density at radius 2 is 2.10 bits per heavy atom. The van der Waals surface area contributed by atoms with E-state index in [0.717, 1.165) is 29.7 Å². The Kier molecular flexibility index (Phi) is 3.39. The van der Waals surface area contributed by atoms with Gasteiger partial charge >= 0.3 is 0 Å². The number of hydrogen-bond donors (Lipinski definition) is 0. The molecule has 0 amide bonds. The van der Waals surface area contributed by atoms with Gasteiger partial charge in [-0.2, -0.15) is 4.98 Å². The van der Waals surface area contributed by atoms with Crippen LogP contribution in [0.5, 0.6) is 5.88 Å². The molecule has 0 aliphatic carbocycles. The van der Waals surface area contributed by atoms with E-state index in [2.05, 4.69) is 16.9 Å². The first-order valence-corrected chi connectivity index (χ1v) is 6.74. The fourth-order valence-electron chi connectivity index (χ4n) is 2.34. The lowest BCUT2D eigenvalue weighted by molar-refractivity contribution is 0.112. The molecule has 0 radical (unpaired) electrons. The van der Waals surface area contributed by atoms with E-state index in [0.29, 0.717) is 17.2 Å². The van der Waals surface area contributed by atoms with Gasteiger partial charge in [-0.05, 0) is 6.42 Å². The molecule has 0 spiro atoms. The average Bonchev–Trinajstić information content (AvgIpc) is 2.97. The lowest BCUT2D eigenvalue weighted by atomic mass is 10.1. The standard InChI is InChI=1S/C16H15N3O2/c1-3-12-8-15(21-2)18-16-17-14(9-19(12)16)13-7-5-4-6-11(13)10-20/h4-10H,3H2,1-2H3. The monoisotopic (exact) mass is 281 g/mol. The molecule has 106 valence electrons. The lowest BCUT2D eigenvalue weighted by Crippen LogP contribution is -1.99. The minimum atomic E-state index is 0.542. The van der Waals surface area contributed by atoms with Crippen LogP contribution in [0.1, 0.15) is 23.0 Å². The first-order valence-electron chi connectivity index (χ1n) is 6.74. The molecular weight excluding hydrogens is 266 g/mol. The first kappa shape index (κ1) is 13.3. The molecule has 3 aromatic rings. The van der Waals surface area contributed by atoms with Gasteiger partial charge in [-0.3, -0.25) is 9.20 Å². The summed E-state index contributed by atoms with van der Waals surface area (Å²) in [5.74, 6) is 1.11. The zero-order valence-electron chi connectivity index (χ0n) is 11.9. The highest BCUT2D eigenvalue weighted by Gasteiger charge is 2.12. The summed E-state index contributed by atoms with van der Waals surface area (Å²) in [5, 5.41) is 0. The molecule has 0 aliphatic rings. The van der Waals surface area contributed by atoms with Crippen LogP contribution in [0.25, 0.3) is 17.0 Å². The minimum Gasteiger partial charge on any atom is -0.481 e. The molecule has 5 heteroatoms. The molecule has 2 aromatic heterocycles. The van der Waals surface area contributed by atoms with E-state index in [9.17, 15) is 4.79 Å². The van der Waals surface area contributed by atoms with Crippen molar-refractivity contribution < 1.29 is 9.53 Å². The van der Waals surface area contributed by atoms with Crippen LogP contribution in [0.15, 0.2) is 36.5 Å². The highest BCUT2D eigenvalue weighted by atomic mass is 16.5. The fraction of sp³-hybridized carbons (Fsp3) is 0.188. The van der Waals surface area contributed by atoms with E-state index in [1.165, 1.54) is 0 Å². The Balaban J connectivity index is 2.23. The number of nitrogens with zero attached hydrogens (tertiary/aromatic N) is 3. The number of carbonyl (C=O) groups is 1. The summed E-state index contributed by atoms with van der Waals surface area (Å²) < 4.78 is 7.13. The van der Waals surface area contributed by atoms with Crippen LogP contribution in [0.2, 0.25) is 0 Å². The predicted octanol–water partition coefficient (Wildman–Crippen LogP) is 2.78. The van der Waals surface area contributed by atoms with Crippen molar-refractivity contribution in [2.45, 2.75) is 13.3 Å². The summed E-state index contributed by atoms with van der Waals surface area (Å²) in [5.41, 5.74) is 3.21. The van der Waals surface area contributed by atoms with Gasteiger partial charge in [-0.25, -0.2) is 4.98 Å². The molecule has 0 unspecified atom stereocenters. The van der Waals surface area contributed by atoms with Crippen molar-refractivity contribution in [3.8, 4) is 17.1 Å². The average molecular weight is 281 g/mol. The minimum absolute atomic E-state index is 0.542. The Hall–Kier alpha value is -2.69. The van der Waals surface area contributed by atoms with Crippen LogP contribution in [0, 0.1) is 0 Å². The summed E-state index contributed by atoms with van der Waals surface area (Å²) in [6.45, 7) is 2.06. The summed E-state index contributed by atoms with van der Waals surface area (Å²) in [6, 6.07) is 9.28. The zero-order valence-corrected chi connectivity index (χ0v) is 11.9. The van der Waals surface area contributed by atoms with Crippen molar-refractivity contribution in [2.24, 2.45) is 0 Å². The number of benzene rings is 1. The number of hydrogen-bond acceptors (Lipinski definition) is 4. The van der Waals surface area contributed by atoms with Crippen LogP contribution in [-0.4, -0.2) is 27.8 Å². The quantitative estimate of drug-likeness (QED) is 0.690. The second-order valence-corrected chi connectivity index (χ2v) is 4.64. The summed E-state index contributed by atoms with van der Waals surface area (Å²) in [7, 11) is 1.59. The number of fused-ring (bicyclic) bond motifs is 1. The third-order valence-electron chi connectivity index (χ3n) is 3.43. The number of methoxy groups -OCH3 is 1. The van der Waals surface area contributed by atoms with Crippen LogP contribution >= 0.6 is 0 Å². The van der Waals surface area contributed by atoms with Crippen molar-refractivity contribution in [2.75, 3.05) is 7.11 Å². The van der Waals surface area contributed by atoms with E-state index in [4.69, 9.17) is 4.74 Å². The van der Waals surface area contributed by atoms with Crippen molar-refractivity contribution >= 4 is 12.1 Å². The van der Waals surface area contributed by atoms with Gasteiger partial charge in [0.05, 0.1) is 12.8 Å². The molecule has 0 fully saturated rings. The molecule has 0 saturated heterocycles. The Morgan fingerprint density at radius 1 is 1.29 bits per heavy atom. The molecular formula is C16H15N3O2. The number of aromatic nitrogens is 3. The zero-order chi connectivity index (χ0) is 14.8. The van der Waals surface area contributed by atoms with Crippen LogP contribution in [0.3, 0.4) is 0 Å². The third kappa shape index (κ3) is 2.27. The van der Waals surface area contributed by atoms with Gasteiger partial charge in [0.2, 0.25) is 11.7 Å². The molecule has 0 atom stereocenters. The number of aryl methyl sites for hydroxylation is 1. The van der Waals surface area contributed by atoms with Gasteiger partial charge < -0.3 is 4.74 Å². The highest BCUT2D eigenvalue weighted by molar-refractivity contribution is 5.86. The van der Waals surface area contributed by atoms with Gasteiger partial charge in [0.1, 0.15) is 0 Å². The number of imidazole rings is 1. The summed E-state index contributed by atoms with van der Waals surface area (Å²) in [4.78, 5) is 20.0. The van der Waals surface area contributed by atoms with Gasteiger partial charge in [0.15, 0.2) is 6.29 Å². The van der Waals surface area contributed by atoms with E-state index in [1.807, 2.05) is 34.9 Å². The van der Waals surface area contributed by atoms with Gasteiger partial charge in [0.25, 0.3) is 0 Å². The van der Waals surface area contributed by atoms with E-state index < -0.39 is 0 Å². The molecule has 5 nitrogen and oxygen atoms in total. The molecule has 0 aliphatic heterocycles. The lowest BCUT2D eigenvalue weighted by Gasteiger charge is -2.04. The Bertz CT molecular complexity index is 808. The Morgan fingerprint density at radius 3 is 2.81 bits per heavy atom. The summed E-state index contributed by atoms with van der Waals surface area (Å²) in [6.07, 6.45) is 3.58. The molecule has 1 aromatic carbocycles. The van der Waals surface area contributed by atoms with Crippen LogP contribution in [-0.2, 0) is 6.42 Å². The second-order valence-electron chi connectivity index (χ2n) is 4.64. The highest BCUT2D eigenvalue weighted by Crippen LogP contribution is 2.24. The molecule has 2 heterocycles. The van der Waals surface area contributed by atoms with Gasteiger partial charge in [-0.15, -0.1) is 0 Å². The number of ether oxygens (including phenoxy) is 1. The predicted molar refractivity (Wildman–Crippen MR) is 79.7 cm³/mol. The summed E-state index contributed by atoms with van der Waals surface area (Å²) >= 11 is 0. The SMILES string of the molecule is CCc1cc(OC)nc2nc(-c3ccccc3C=O)cn12. The Labute approximate surface area is 122 Å². The molecule has 21 heavy (non-hydrogen) atoms. The maximum Gasteiger partial charge on any atom is 0.237 e. The van der Waals surface area contributed by atoms with Crippen molar-refractivity contribution in [3.63, 3.8) is 0 Å². The van der Waals surface area contributed by atoms with E-state index in [-0.39, 0.29) is 0 Å². The van der Waals surface area contributed by atoms with Gasteiger partial charge in [0, 0.05) is 29.1 Å². The largest absolute Gasteiger partial charge is 0.481 e. The van der Waals surface area contributed by atoms with Crippen molar-refractivity contribution in [3.05, 3.63) is 47.8 Å². The molecule has 0 saturated carbocycles. The number of aldehydes is 1. The van der Waals surface area contributed by atoms with Crippen molar-refractivity contribution in [1.29, 1.82) is 0 Å². The van der Waals surface area contributed by atoms with Crippen molar-refractivity contribution in [1.82, 2.24) is 14.4 Å². The molecule has 0 N–H and O–H groups in total. The fourth-order valence-corrected chi connectivity index (χ4v) is 2.34. The van der Waals surface area contributed by atoms with E-state index >= 15 is 0 Å². The first-order chi connectivity index (χ1) is 10.3. The third-order valence-corrected chi connectivity index (χ3v) is 3.43. The second kappa shape index (κ2) is 5.36. The number of rotatable bonds is 4. The maximum absolute atomic E-state index is 11.2. The van der Waals surface area contributed by atoms with Gasteiger partial charge in [-0.1, -0.05) is 31.2 Å². The van der Waals surface area contributed by atoms with Crippen LogP contribution in [0.4, 0.5) is 0 Å². The van der Waals surface area contributed by atoms with E-state index in [1.54, 1.807) is 13.2 Å². The van der Waals surface area contributed by atoms with Crippen LogP contribution < -0.4 is 4.74 Å².